The summed E-state index contributed by atoms with van der Waals surface area (Å²) in [5, 5.41) is 1.74. The Balaban J connectivity index is 3.08. The molecule has 0 aliphatic heterocycles. The van der Waals surface area contributed by atoms with Crippen LogP contribution in [-0.4, -0.2) is 4.37 Å². The summed E-state index contributed by atoms with van der Waals surface area (Å²) in [5.74, 6) is 0. The van der Waals surface area contributed by atoms with Crippen LogP contribution in [0.1, 0.15) is 18.5 Å². The first-order valence-electron chi connectivity index (χ1n) is 2.63. The van der Waals surface area contributed by atoms with E-state index >= 15 is 0 Å². The van der Waals surface area contributed by atoms with E-state index in [0.29, 0.717) is 5.56 Å². The van der Waals surface area contributed by atoms with Gasteiger partial charge in [0.2, 0.25) is 0 Å². The molecule has 1 atom stereocenters. The molecule has 3 N–H and O–H groups in total. The van der Waals surface area contributed by atoms with Crippen LogP contribution in [-0.2, 0) is 0 Å². The second-order valence-corrected chi connectivity index (χ2v) is 2.59. The zero-order valence-corrected chi connectivity index (χ0v) is 5.87. The highest BCUT2D eigenvalue weighted by molar-refractivity contribution is 7.03. The van der Waals surface area contributed by atoms with Crippen molar-refractivity contribution in [1.82, 2.24) is 4.37 Å². The van der Waals surface area contributed by atoms with Crippen molar-refractivity contribution in [3.8, 4) is 0 Å². The fourth-order valence-corrected chi connectivity index (χ4v) is 1.31. The first-order valence-corrected chi connectivity index (χ1v) is 3.51. The van der Waals surface area contributed by atoms with Crippen LogP contribution >= 0.6 is 11.5 Å². The van der Waals surface area contributed by atoms with E-state index in [2.05, 4.69) is 4.37 Å². The SMILES string of the molecule is CC(N)c1cs[nH]c1=O. The van der Waals surface area contributed by atoms with Gasteiger partial charge in [0, 0.05) is 17.0 Å². The van der Waals surface area contributed by atoms with Gasteiger partial charge in [0.25, 0.3) is 5.56 Å². The average molecular weight is 144 g/mol. The quantitative estimate of drug-likeness (QED) is 0.601. The fraction of sp³-hybridized carbons (Fsp3) is 0.400. The van der Waals surface area contributed by atoms with E-state index in [1.165, 1.54) is 11.5 Å². The maximum atomic E-state index is 10.7. The molecule has 1 aromatic heterocycles. The summed E-state index contributed by atoms with van der Waals surface area (Å²) in [7, 11) is 0. The van der Waals surface area contributed by atoms with E-state index in [1.54, 1.807) is 12.3 Å². The van der Waals surface area contributed by atoms with Crippen molar-refractivity contribution in [3.63, 3.8) is 0 Å². The smallest absolute Gasteiger partial charge is 0.262 e. The Bertz CT molecular complexity index is 237. The van der Waals surface area contributed by atoms with Crippen molar-refractivity contribution < 1.29 is 0 Å². The van der Waals surface area contributed by atoms with Gasteiger partial charge in [-0.2, -0.15) is 0 Å². The Kier molecular flexibility index (Phi) is 1.68. The zero-order chi connectivity index (χ0) is 6.85. The molecule has 0 amide bonds. The average Bonchev–Trinajstić information content (AvgIpc) is 2.13. The maximum Gasteiger partial charge on any atom is 0.262 e. The molecule has 3 nitrogen and oxygen atoms in total. The highest BCUT2D eigenvalue weighted by Gasteiger charge is 2.03. The van der Waals surface area contributed by atoms with Crippen LogP contribution in [0.3, 0.4) is 0 Å². The van der Waals surface area contributed by atoms with Crippen LogP contribution in [0.2, 0.25) is 0 Å². The minimum absolute atomic E-state index is 0.0602. The van der Waals surface area contributed by atoms with Gasteiger partial charge < -0.3 is 5.73 Å². The molecule has 0 spiro atoms. The number of hydrogen-bond donors (Lipinski definition) is 2. The zero-order valence-electron chi connectivity index (χ0n) is 5.05. The third-order valence-corrected chi connectivity index (χ3v) is 1.77. The molecular formula is C5H8N2OS. The first kappa shape index (κ1) is 6.51. The van der Waals surface area contributed by atoms with E-state index in [9.17, 15) is 4.79 Å². The Morgan fingerprint density at radius 2 is 2.56 bits per heavy atom. The Labute approximate surface area is 56.7 Å². The van der Waals surface area contributed by atoms with Gasteiger partial charge in [-0.15, -0.1) is 0 Å². The molecule has 0 aliphatic rings. The number of nitrogens with one attached hydrogen (secondary N) is 1. The van der Waals surface area contributed by atoms with Gasteiger partial charge in [-0.25, -0.2) is 0 Å². The minimum atomic E-state index is -0.153. The standard InChI is InChI=1S/C5H8N2OS/c1-3(6)4-2-9-7-5(4)8/h2-3H,6H2,1H3,(H,7,8). The van der Waals surface area contributed by atoms with Crippen molar-refractivity contribution in [2.75, 3.05) is 0 Å². The lowest BCUT2D eigenvalue weighted by atomic mass is 10.2. The monoisotopic (exact) mass is 144 g/mol. The molecule has 1 unspecified atom stereocenters. The summed E-state index contributed by atoms with van der Waals surface area (Å²) in [5.41, 5.74) is 6.05. The van der Waals surface area contributed by atoms with Crippen molar-refractivity contribution in [3.05, 3.63) is 21.3 Å². The van der Waals surface area contributed by atoms with E-state index in [4.69, 9.17) is 5.73 Å². The van der Waals surface area contributed by atoms with Crippen LogP contribution in [0.15, 0.2) is 10.2 Å². The second kappa shape index (κ2) is 2.33. The van der Waals surface area contributed by atoms with Crippen LogP contribution in [0.5, 0.6) is 0 Å². The first-order chi connectivity index (χ1) is 4.22. The molecule has 1 aromatic rings. The number of aromatic amines is 1. The molecule has 1 rings (SSSR count). The lowest BCUT2D eigenvalue weighted by molar-refractivity contribution is 0.811. The van der Waals surface area contributed by atoms with Gasteiger partial charge in [-0.3, -0.25) is 9.17 Å². The highest BCUT2D eigenvalue weighted by Crippen LogP contribution is 2.03. The maximum absolute atomic E-state index is 10.7. The molecule has 0 saturated heterocycles. The lowest BCUT2D eigenvalue weighted by Crippen LogP contribution is -2.14. The summed E-state index contributed by atoms with van der Waals surface area (Å²) in [6, 6.07) is -0.153. The number of rotatable bonds is 1. The van der Waals surface area contributed by atoms with Crippen molar-refractivity contribution in [2.45, 2.75) is 13.0 Å². The van der Waals surface area contributed by atoms with Crippen molar-refractivity contribution in [2.24, 2.45) is 5.73 Å². The molecule has 4 heteroatoms. The molecule has 9 heavy (non-hydrogen) atoms. The largest absolute Gasteiger partial charge is 0.324 e. The number of nitrogens with two attached hydrogens (primary N) is 1. The van der Waals surface area contributed by atoms with Gasteiger partial charge in [-0.1, -0.05) is 11.5 Å². The topological polar surface area (TPSA) is 58.9 Å². The molecule has 50 valence electrons. The van der Waals surface area contributed by atoms with Crippen molar-refractivity contribution in [1.29, 1.82) is 0 Å². The summed E-state index contributed by atoms with van der Waals surface area (Å²) < 4.78 is 2.56. The Morgan fingerprint density at radius 3 is 2.78 bits per heavy atom. The molecule has 0 bridgehead atoms. The predicted molar refractivity (Wildman–Crippen MR) is 37.5 cm³/mol. The Hall–Kier alpha value is -0.610. The third kappa shape index (κ3) is 1.20. The molecule has 0 radical (unpaired) electrons. The van der Waals surface area contributed by atoms with Crippen LogP contribution < -0.4 is 11.3 Å². The van der Waals surface area contributed by atoms with Crippen molar-refractivity contribution >= 4 is 11.5 Å². The normalized spacial score (nSPS) is 13.6. The summed E-state index contributed by atoms with van der Waals surface area (Å²) >= 11 is 1.28. The van der Waals surface area contributed by atoms with Gasteiger partial charge in [-0.05, 0) is 6.92 Å². The molecule has 0 saturated carbocycles. The number of H-pyrrole nitrogens is 1. The van der Waals surface area contributed by atoms with Crippen LogP contribution in [0, 0.1) is 0 Å². The molecule has 0 fully saturated rings. The Morgan fingerprint density at radius 1 is 1.89 bits per heavy atom. The summed E-state index contributed by atoms with van der Waals surface area (Å²) in [6.07, 6.45) is 0. The van der Waals surface area contributed by atoms with E-state index < -0.39 is 0 Å². The summed E-state index contributed by atoms with van der Waals surface area (Å²) in [4.78, 5) is 10.7. The van der Waals surface area contributed by atoms with E-state index in [1.807, 2.05) is 0 Å². The van der Waals surface area contributed by atoms with Gasteiger partial charge in [0.15, 0.2) is 0 Å². The molecule has 0 aromatic carbocycles. The predicted octanol–water partition coefficient (Wildman–Crippen LogP) is 0.456. The highest BCUT2D eigenvalue weighted by atomic mass is 32.1. The van der Waals surface area contributed by atoms with Gasteiger partial charge in [0.1, 0.15) is 0 Å². The minimum Gasteiger partial charge on any atom is -0.324 e. The third-order valence-electron chi connectivity index (χ3n) is 1.09. The van der Waals surface area contributed by atoms with Gasteiger partial charge >= 0.3 is 0 Å². The fourth-order valence-electron chi connectivity index (χ4n) is 0.573. The summed E-state index contributed by atoms with van der Waals surface area (Å²) in [6.45, 7) is 1.79. The molecule has 0 aliphatic carbocycles. The van der Waals surface area contributed by atoms with E-state index in [0.717, 1.165) is 0 Å². The number of hydrogen-bond acceptors (Lipinski definition) is 3. The lowest BCUT2D eigenvalue weighted by Gasteiger charge is -1.94. The molecular weight excluding hydrogens is 136 g/mol. The number of aromatic nitrogens is 1. The van der Waals surface area contributed by atoms with Gasteiger partial charge in [0.05, 0.1) is 0 Å². The molecule has 1 heterocycles. The second-order valence-electron chi connectivity index (χ2n) is 1.91. The van der Waals surface area contributed by atoms with Crippen LogP contribution in [0.25, 0.3) is 0 Å². The van der Waals surface area contributed by atoms with Crippen LogP contribution in [0.4, 0.5) is 0 Å². The van der Waals surface area contributed by atoms with E-state index in [-0.39, 0.29) is 11.6 Å².